The second kappa shape index (κ2) is 14.3. The fourth-order valence-corrected chi connectivity index (χ4v) is 9.08. The summed E-state index contributed by atoms with van der Waals surface area (Å²) < 4.78 is 94.5. The Morgan fingerprint density at radius 2 is 0.887 bits per heavy atom. The van der Waals surface area contributed by atoms with Gasteiger partial charge in [0.25, 0.3) is 0 Å². The summed E-state index contributed by atoms with van der Waals surface area (Å²) >= 11 is 0. The molecule has 0 unspecified atom stereocenters. The van der Waals surface area contributed by atoms with Crippen LogP contribution in [0.4, 0.5) is 26.3 Å². The number of para-hydroxylation sites is 2. The first-order chi connectivity index (χ1) is 29.8. The monoisotopic (exact) mass is 825 g/mol. The number of benzene rings is 8. The molecule has 0 aliphatic carbocycles. The van der Waals surface area contributed by atoms with Crippen LogP contribution >= 0.6 is 0 Å². The summed E-state index contributed by atoms with van der Waals surface area (Å²) in [6.07, 6.45) is -10.4. The van der Waals surface area contributed by atoms with Crippen molar-refractivity contribution in [3.8, 4) is 50.8 Å². The van der Waals surface area contributed by atoms with Crippen molar-refractivity contribution in [1.29, 1.82) is 5.26 Å². The molecule has 8 aromatic carbocycles. The van der Waals surface area contributed by atoms with Gasteiger partial charge in [0.2, 0.25) is 0 Å². The maximum atomic E-state index is 15.1. The molecule has 2 aromatic heterocycles. The van der Waals surface area contributed by atoms with E-state index in [0.717, 1.165) is 50.2 Å². The molecule has 0 spiro atoms. The number of aryl methyl sites for hydroxylation is 2. The van der Waals surface area contributed by atoms with Crippen molar-refractivity contribution in [2.75, 3.05) is 0 Å². The molecule has 0 aliphatic rings. The van der Waals surface area contributed by atoms with E-state index in [1.54, 1.807) is 16.7 Å². The van der Waals surface area contributed by atoms with Gasteiger partial charge in [0.1, 0.15) is 11.6 Å². The fourth-order valence-electron chi connectivity index (χ4n) is 9.08. The smallest absolute Gasteiger partial charge is 0.308 e. The van der Waals surface area contributed by atoms with Gasteiger partial charge in [0.05, 0.1) is 44.6 Å². The minimum atomic E-state index is -5.18. The Hall–Kier alpha value is -7.57. The zero-order chi connectivity index (χ0) is 43.1. The molecule has 10 aromatic rings. The topological polar surface area (TPSA) is 33.6 Å². The van der Waals surface area contributed by atoms with Gasteiger partial charge >= 0.3 is 12.4 Å². The van der Waals surface area contributed by atoms with Crippen LogP contribution in [-0.2, 0) is 12.4 Å². The molecule has 0 saturated heterocycles. The second-order valence-corrected chi connectivity index (χ2v) is 15.6. The molecule has 9 heteroatoms. The highest BCUT2D eigenvalue weighted by Gasteiger charge is 2.42. The summed E-state index contributed by atoms with van der Waals surface area (Å²) in [6.45, 7) is 3.96. The van der Waals surface area contributed by atoms with Gasteiger partial charge in [0.15, 0.2) is 0 Å². The molecular formula is C53H33F6N3. The van der Waals surface area contributed by atoms with Crippen LogP contribution in [0.5, 0.6) is 0 Å². The van der Waals surface area contributed by atoms with Crippen LogP contribution in [0.25, 0.3) is 88.4 Å². The van der Waals surface area contributed by atoms with E-state index in [1.807, 2.05) is 134 Å². The first kappa shape index (κ1) is 38.6. The average molecular weight is 826 g/mol. The number of hydrogen-bond acceptors (Lipinski definition) is 1. The number of fused-ring (bicyclic) bond motifs is 6. The molecule has 0 fully saturated rings. The largest absolute Gasteiger partial charge is 0.417 e. The summed E-state index contributed by atoms with van der Waals surface area (Å²) in [5, 5.41) is 14.6. The lowest BCUT2D eigenvalue weighted by Crippen LogP contribution is -2.16. The third kappa shape index (κ3) is 6.21. The van der Waals surface area contributed by atoms with Gasteiger partial charge in [-0.25, -0.2) is 0 Å². The molecule has 0 aliphatic heterocycles. The van der Waals surface area contributed by atoms with E-state index in [1.165, 1.54) is 12.1 Å². The van der Waals surface area contributed by atoms with Gasteiger partial charge in [-0.3, -0.25) is 0 Å². The first-order valence-corrected chi connectivity index (χ1v) is 19.9. The quantitative estimate of drug-likeness (QED) is 0.159. The van der Waals surface area contributed by atoms with Crippen molar-refractivity contribution < 1.29 is 26.3 Å². The lowest BCUT2D eigenvalue weighted by Gasteiger charge is -2.24. The second-order valence-electron chi connectivity index (χ2n) is 15.6. The minimum absolute atomic E-state index is 0.111. The molecule has 10 rings (SSSR count). The maximum absolute atomic E-state index is 15.1. The first-order valence-electron chi connectivity index (χ1n) is 19.9. The average Bonchev–Trinajstić information content (AvgIpc) is 3.77. The van der Waals surface area contributed by atoms with Gasteiger partial charge < -0.3 is 9.13 Å². The molecule has 3 nitrogen and oxygen atoms in total. The molecule has 0 amide bonds. The van der Waals surface area contributed by atoms with Crippen LogP contribution in [0.2, 0.25) is 0 Å². The number of halogens is 6. The van der Waals surface area contributed by atoms with Gasteiger partial charge in [0, 0.05) is 32.7 Å². The summed E-state index contributed by atoms with van der Waals surface area (Å²) in [5.74, 6) is 0. The Morgan fingerprint density at radius 1 is 0.435 bits per heavy atom. The minimum Gasteiger partial charge on any atom is -0.308 e. The number of alkyl halides is 6. The van der Waals surface area contributed by atoms with Crippen LogP contribution < -0.4 is 0 Å². The number of aromatic nitrogens is 2. The SMILES string of the molecule is Cc1cccc(-c2ccc3c4ccccc4n(-c4ccc(-c5c(C(F)(F)F)cccc5C(F)(F)F)c(-n5c6ccccc6c6ccc(-c7cccc(C)c7)cc65)c4C#N)c3c2)c1. The molecular weight excluding hydrogens is 793 g/mol. The molecule has 0 bridgehead atoms. The van der Waals surface area contributed by atoms with Crippen LogP contribution in [-0.4, -0.2) is 9.13 Å². The zero-order valence-electron chi connectivity index (χ0n) is 33.2. The Bertz CT molecular complexity index is 3450. The van der Waals surface area contributed by atoms with E-state index in [4.69, 9.17) is 0 Å². The number of nitrogens with zero attached hydrogens (tertiary/aromatic N) is 3. The number of hydrogen-bond donors (Lipinski definition) is 0. The van der Waals surface area contributed by atoms with Crippen molar-refractivity contribution in [2.45, 2.75) is 26.2 Å². The van der Waals surface area contributed by atoms with Crippen molar-refractivity contribution in [2.24, 2.45) is 0 Å². The van der Waals surface area contributed by atoms with Gasteiger partial charge in [-0.1, -0.05) is 132 Å². The highest BCUT2D eigenvalue weighted by Crippen LogP contribution is 2.49. The zero-order valence-corrected chi connectivity index (χ0v) is 33.2. The molecule has 2 heterocycles. The van der Waals surface area contributed by atoms with Crippen LogP contribution in [0.1, 0.15) is 27.8 Å². The highest BCUT2D eigenvalue weighted by atomic mass is 19.4. The van der Waals surface area contributed by atoms with Crippen molar-refractivity contribution in [3.63, 3.8) is 0 Å². The van der Waals surface area contributed by atoms with E-state index >= 15 is 26.3 Å². The summed E-state index contributed by atoms with van der Waals surface area (Å²) in [6, 6.07) is 49.7. The summed E-state index contributed by atoms with van der Waals surface area (Å²) in [7, 11) is 0. The molecule has 0 saturated carbocycles. The van der Waals surface area contributed by atoms with Gasteiger partial charge in [-0.15, -0.1) is 0 Å². The predicted molar refractivity (Wildman–Crippen MR) is 236 cm³/mol. The third-order valence-electron chi connectivity index (χ3n) is 11.7. The van der Waals surface area contributed by atoms with Crippen molar-refractivity contribution >= 4 is 43.6 Å². The van der Waals surface area contributed by atoms with Gasteiger partial charge in [-0.2, -0.15) is 31.6 Å². The van der Waals surface area contributed by atoms with Crippen molar-refractivity contribution in [1.82, 2.24) is 9.13 Å². The summed E-state index contributed by atoms with van der Waals surface area (Å²) in [5.41, 5.74) is 3.65. The standard InChI is InChI=1S/C53H33F6N3/c1-31-10-7-12-33(26-31)35-20-22-39-37-14-3-5-18-45(37)61(48(39)28-35)47-25-24-41(50-43(52(54,55)56)16-9-17-44(50)53(57,58)59)51(42(47)30-60)62-46-19-6-4-15-38(46)40-23-21-36(29-49(40)62)34-13-8-11-32(2)27-34/h3-29H,1-2H3. The maximum Gasteiger partial charge on any atom is 0.417 e. The molecule has 62 heavy (non-hydrogen) atoms. The lowest BCUT2D eigenvalue weighted by molar-refractivity contribution is -0.142. The van der Waals surface area contributed by atoms with Crippen LogP contribution in [0.15, 0.2) is 164 Å². The summed E-state index contributed by atoms with van der Waals surface area (Å²) in [4.78, 5) is 0. The molecule has 0 atom stereocenters. The fraction of sp³-hybridized carbons (Fsp3) is 0.0755. The van der Waals surface area contributed by atoms with Crippen molar-refractivity contribution in [3.05, 3.63) is 192 Å². The molecule has 0 N–H and O–H groups in total. The number of nitriles is 1. The van der Waals surface area contributed by atoms with Crippen LogP contribution in [0.3, 0.4) is 0 Å². The predicted octanol–water partition coefficient (Wildman–Crippen LogP) is 15.4. The Kier molecular flexibility index (Phi) is 8.89. The normalized spacial score (nSPS) is 12.2. The highest BCUT2D eigenvalue weighted by molar-refractivity contribution is 6.13. The Labute approximate surface area is 351 Å². The van der Waals surface area contributed by atoms with Gasteiger partial charge in [-0.05, 0) is 78.6 Å². The van der Waals surface area contributed by atoms with E-state index < -0.39 is 34.6 Å². The van der Waals surface area contributed by atoms with E-state index in [-0.39, 0.29) is 16.9 Å². The molecule has 0 radical (unpaired) electrons. The Balaban J connectivity index is 1.40. The van der Waals surface area contributed by atoms with E-state index in [2.05, 4.69) is 12.1 Å². The van der Waals surface area contributed by atoms with Crippen LogP contribution in [0, 0.1) is 25.2 Å². The van der Waals surface area contributed by atoms with E-state index in [9.17, 15) is 5.26 Å². The molecule has 302 valence electrons. The number of rotatable bonds is 5. The lowest BCUT2D eigenvalue weighted by atomic mass is 9.90. The third-order valence-corrected chi connectivity index (χ3v) is 11.7. The Morgan fingerprint density at radius 3 is 1.39 bits per heavy atom. The van der Waals surface area contributed by atoms with E-state index in [0.29, 0.717) is 45.0 Å².